The normalized spacial score (nSPS) is 19.9. The van der Waals surface area contributed by atoms with Crippen molar-refractivity contribution >= 4 is 18.1 Å². The summed E-state index contributed by atoms with van der Waals surface area (Å²) < 4.78 is 16.1. The number of H-pyrrole nitrogens is 1. The maximum atomic E-state index is 13.7. The number of nitrogens with one attached hydrogen (secondary N) is 2. The Balaban J connectivity index is 1.52. The Hall–Kier alpha value is -2.02. The molecule has 0 radical (unpaired) electrons. The van der Waals surface area contributed by atoms with E-state index in [-0.39, 0.29) is 23.6 Å². The number of carbonyl (C=O) groups is 1. The second-order valence-electron chi connectivity index (χ2n) is 5.49. The van der Waals surface area contributed by atoms with E-state index in [1.54, 1.807) is 18.2 Å². The molecule has 0 bridgehead atoms. The van der Waals surface area contributed by atoms with E-state index in [1.165, 1.54) is 6.07 Å². The summed E-state index contributed by atoms with van der Waals surface area (Å²) in [4.78, 5) is 12.1. The predicted molar refractivity (Wildman–Crippen MR) is 82.4 cm³/mol. The lowest BCUT2D eigenvalue weighted by atomic mass is 10.1. The average molecular weight is 320 g/mol. The van der Waals surface area contributed by atoms with E-state index in [4.69, 9.17) is 12.2 Å². The number of aromatic nitrogens is 3. The zero-order chi connectivity index (χ0) is 15.7. The van der Waals surface area contributed by atoms with Gasteiger partial charge < -0.3 is 9.88 Å². The number of halogens is 1. The minimum atomic E-state index is -0.233. The number of hydrogen-bond donors (Lipinski definition) is 2. The molecule has 2 N–H and O–H groups in total. The molecule has 1 heterocycles. The monoisotopic (exact) mass is 320 g/mol. The van der Waals surface area contributed by atoms with Gasteiger partial charge in [-0.3, -0.25) is 9.89 Å². The lowest BCUT2D eigenvalue weighted by molar-refractivity contribution is -0.122. The lowest BCUT2D eigenvalue weighted by Gasteiger charge is -2.07. The molecule has 7 heteroatoms. The van der Waals surface area contributed by atoms with Crippen LogP contribution in [0.2, 0.25) is 0 Å². The topological polar surface area (TPSA) is 62.7 Å². The van der Waals surface area contributed by atoms with Crippen molar-refractivity contribution in [3.05, 3.63) is 46.2 Å². The Kier molecular flexibility index (Phi) is 4.06. The molecule has 1 saturated carbocycles. The highest BCUT2D eigenvalue weighted by Crippen LogP contribution is 2.48. The number of carbonyl (C=O) groups excluding carboxylic acids is 1. The standard InChI is InChI=1S/C15H17FN4OS/c1-9-18-19-15(22)20(9)7-6-17-14(21)12-8-11(12)10-4-2-3-5-13(10)16/h2-5,11-12H,6-8H2,1H3,(H,17,21)(H,19,22). The minimum absolute atomic E-state index is 0.000900. The minimum Gasteiger partial charge on any atom is -0.354 e. The molecule has 1 aromatic carbocycles. The zero-order valence-corrected chi connectivity index (χ0v) is 13.0. The van der Waals surface area contributed by atoms with Crippen molar-refractivity contribution < 1.29 is 9.18 Å². The fourth-order valence-electron chi connectivity index (χ4n) is 2.69. The molecule has 0 aliphatic heterocycles. The summed E-state index contributed by atoms with van der Waals surface area (Å²) in [6.45, 7) is 2.90. The molecule has 1 fully saturated rings. The Morgan fingerprint density at radius 3 is 3.00 bits per heavy atom. The van der Waals surface area contributed by atoms with Crippen LogP contribution >= 0.6 is 12.2 Å². The molecule has 1 amide bonds. The molecule has 1 aliphatic carbocycles. The highest BCUT2D eigenvalue weighted by atomic mass is 32.1. The molecule has 5 nitrogen and oxygen atoms in total. The van der Waals surface area contributed by atoms with Crippen molar-refractivity contribution in [2.45, 2.75) is 25.8 Å². The van der Waals surface area contributed by atoms with E-state index in [9.17, 15) is 9.18 Å². The van der Waals surface area contributed by atoms with E-state index in [2.05, 4.69) is 15.5 Å². The van der Waals surface area contributed by atoms with Gasteiger partial charge in [0, 0.05) is 19.0 Å². The van der Waals surface area contributed by atoms with Crippen molar-refractivity contribution in [3.63, 3.8) is 0 Å². The molecule has 22 heavy (non-hydrogen) atoms. The quantitative estimate of drug-likeness (QED) is 0.831. The molecular weight excluding hydrogens is 303 g/mol. The highest BCUT2D eigenvalue weighted by molar-refractivity contribution is 7.71. The number of aryl methyl sites for hydroxylation is 1. The van der Waals surface area contributed by atoms with Gasteiger partial charge in [-0.25, -0.2) is 4.39 Å². The van der Waals surface area contributed by atoms with Crippen molar-refractivity contribution in [2.24, 2.45) is 5.92 Å². The van der Waals surface area contributed by atoms with Crippen LogP contribution in [-0.4, -0.2) is 27.2 Å². The van der Waals surface area contributed by atoms with Crippen LogP contribution in [0.4, 0.5) is 4.39 Å². The first-order valence-electron chi connectivity index (χ1n) is 7.22. The van der Waals surface area contributed by atoms with Crippen LogP contribution in [0.25, 0.3) is 0 Å². The van der Waals surface area contributed by atoms with Gasteiger partial charge in [-0.1, -0.05) is 18.2 Å². The number of rotatable bonds is 5. The molecule has 116 valence electrons. The van der Waals surface area contributed by atoms with Gasteiger partial charge >= 0.3 is 0 Å². The summed E-state index contributed by atoms with van der Waals surface area (Å²) in [7, 11) is 0. The van der Waals surface area contributed by atoms with Crippen LogP contribution in [0.1, 0.15) is 23.7 Å². The average Bonchev–Trinajstić information content (AvgIpc) is 3.23. The molecule has 2 aromatic rings. The Morgan fingerprint density at radius 1 is 1.55 bits per heavy atom. The first-order valence-corrected chi connectivity index (χ1v) is 7.62. The van der Waals surface area contributed by atoms with Gasteiger partial charge in [0.15, 0.2) is 4.77 Å². The first kappa shape index (κ1) is 14.9. The number of nitrogens with zero attached hydrogens (tertiary/aromatic N) is 2. The van der Waals surface area contributed by atoms with Crippen LogP contribution in [0.15, 0.2) is 24.3 Å². The van der Waals surface area contributed by atoms with E-state index in [0.29, 0.717) is 29.8 Å². The Bertz CT molecular complexity index is 754. The summed E-state index contributed by atoms with van der Waals surface area (Å²) in [5, 5.41) is 9.61. The van der Waals surface area contributed by atoms with E-state index in [0.717, 1.165) is 5.82 Å². The van der Waals surface area contributed by atoms with Gasteiger partial charge in [-0.05, 0) is 43.1 Å². The molecular formula is C15H17FN4OS. The van der Waals surface area contributed by atoms with E-state index in [1.807, 2.05) is 11.5 Å². The number of benzene rings is 1. The number of amides is 1. The summed E-state index contributed by atoms with van der Waals surface area (Å²) in [6, 6.07) is 6.65. The lowest BCUT2D eigenvalue weighted by Crippen LogP contribution is -2.29. The fourth-order valence-corrected chi connectivity index (χ4v) is 2.96. The van der Waals surface area contributed by atoms with Crippen molar-refractivity contribution in [1.29, 1.82) is 0 Å². The van der Waals surface area contributed by atoms with Gasteiger partial charge in [0.25, 0.3) is 0 Å². The SMILES string of the molecule is Cc1n[nH]c(=S)n1CCNC(=O)C1CC1c1ccccc1F. The van der Waals surface area contributed by atoms with E-state index >= 15 is 0 Å². The maximum absolute atomic E-state index is 13.7. The second kappa shape index (κ2) is 6.00. The third kappa shape index (κ3) is 2.94. The predicted octanol–water partition coefficient (Wildman–Crippen LogP) is 2.31. The van der Waals surface area contributed by atoms with Gasteiger partial charge in [-0.2, -0.15) is 5.10 Å². The third-order valence-electron chi connectivity index (χ3n) is 4.02. The Morgan fingerprint density at radius 2 is 2.32 bits per heavy atom. The molecule has 3 rings (SSSR count). The molecule has 1 aliphatic rings. The summed E-state index contributed by atoms with van der Waals surface area (Å²) >= 11 is 5.10. The van der Waals surface area contributed by atoms with Gasteiger partial charge in [0.05, 0.1) is 0 Å². The number of hydrogen-bond acceptors (Lipinski definition) is 3. The summed E-state index contributed by atoms with van der Waals surface area (Å²) in [5.74, 6) is 0.397. The van der Waals surface area contributed by atoms with Crippen molar-refractivity contribution in [2.75, 3.05) is 6.54 Å². The first-order chi connectivity index (χ1) is 10.6. The van der Waals surface area contributed by atoms with Gasteiger partial charge in [0.1, 0.15) is 11.6 Å². The van der Waals surface area contributed by atoms with Crippen molar-refractivity contribution in [1.82, 2.24) is 20.1 Å². The summed E-state index contributed by atoms with van der Waals surface area (Å²) in [5.41, 5.74) is 0.635. The van der Waals surface area contributed by atoms with Crippen LogP contribution in [0, 0.1) is 23.4 Å². The third-order valence-corrected chi connectivity index (χ3v) is 4.33. The molecule has 0 saturated heterocycles. The number of aromatic amines is 1. The van der Waals surface area contributed by atoms with Gasteiger partial charge in [-0.15, -0.1) is 0 Å². The largest absolute Gasteiger partial charge is 0.354 e. The van der Waals surface area contributed by atoms with Crippen LogP contribution in [-0.2, 0) is 11.3 Å². The molecule has 0 spiro atoms. The van der Waals surface area contributed by atoms with Gasteiger partial charge in [0.2, 0.25) is 5.91 Å². The second-order valence-corrected chi connectivity index (χ2v) is 5.88. The van der Waals surface area contributed by atoms with Crippen LogP contribution < -0.4 is 5.32 Å². The Labute approximate surface area is 132 Å². The fraction of sp³-hybridized carbons (Fsp3) is 0.400. The van der Waals surface area contributed by atoms with E-state index < -0.39 is 0 Å². The maximum Gasteiger partial charge on any atom is 0.223 e. The zero-order valence-electron chi connectivity index (χ0n) is 12.2. The van der Waals surface area contributed by atoms with Crippen LogP contribution in [0.3, 0.4) is 0 Å². The van der Waals surface area contributed by atoms with Crippen LogP contribution in [0.5, 0.6) is 0 Å². The molecule has 2 unspecified atom stereocenters. The van der Waals surface area contributed by atoms with Crippen molar-refractivity contribution in [3.8, 4) is 0 Å². The summed E-state index contributed by atoms with van der Waals surface area (Å²) in [6.07, 6.45) is 0.705. The molecule has 2 atom stereocenters. The smallest absolute Gasteiger partial charge is 0.223 e. The molecule has 1 aromatic heterocycles. The highest BCUT2D eigenvalue weighted by Gasteiger charge is 2.44.